The molecule has 0 aromatic heterocycles. The molecule has 0 radical (unpaired) electrons. The molecule has 4 rings (SSSR count). The number of carbonyl (C=O) groups is 1. The molecule has 2 saturated heterocycles. The van der Waals surface area contributed by atoms with Crippen LogP contribution in [0.3, 0.4) is 0 Å². The van der Waals surface area contributed by atoms with Crippen molar-refractivity contribution in [2.24, 2.45) is 5.92 Å². The van der Waals surface area contributed by atoms with Gasteiger partial charge in [-0.15, -0.1) is 0 Å². The van der Waals surface area contributed by atoms with E-state index >= 15 is 0 Å². The number of methoxy groups -OCH3 is 1. The second kappa shape index (κ2) is 8.64. The summed E-state index contributed by atoms with van der Waals surface area (Å²) < 4.78 is 11.8. The SMILES string of the molecule is COc1cccc(C(=O)NC[C@@H]2CC[C@@]3(C)C[C@H](c4ccccc4)C[C@](C)(O3)[C@H]2O)c1. The Hall–Kier alpha value is -2.37. The molecule has 2 fully saturated rings. The maximum absolute atomic E-state index is 12.7. The van der Waals surface area contributed by atoms with Gasteiger partial charge in [-0.2, -0.15) is 0 Å². The van der Waals surface area contributed by atoms with Crippen molar-refractivity contribution in [1.29, 1.82) is 0 Å². The molecule has 5 heteroatoms. The lowest BCUT2D eigenvalue weighted by atomic mass is 9.74. The van der Waals surface area contributed by atoms with Gasteiger partial charge in [0.25, 0.3) is 5.91 Å². The quantitative estimate of drug-likeness (QED) is 0.752. The van der Waals surface area contributed by atoms with Gasteiger partial charge in [0.2, 0.25) is 0 Å². The smallest absolute Gasteiger partial charge is 0.251 e. The predicted molar refractivity (Wildman–Crippen MR) is 120 cm³/mol. The van der Waals surface area contributed by atoms with Crippen molar-refractivity contribution in [3.8, 4) is 5.75 Å². The fraction of sp³-hybridized carbons (Fsp3) is 0.500. The zero-order valence-electron chi connectivity index (χ0n) is 18.6. The Morgan fingerprint density at radius 3 is 2.68 bits per heavy atom. The Balaban J connectivity index is 1.48. The molecular weight excluding hydrogens is 390 g/mol. The molecule has 166 valence electrons. The number of hydrogen-bond acceptors (Lipinski definition) is 4. The maximum atomic E-state index is 12.7. The molecule has 2 bridgehead atoms. The molecule has 1 amide bonds. The van der Waals surface area contributed by atoms with E-state index in [0.29, 0.717) is 23.8 Å². The summed E-state index contributed by atoms with van der Waals surface area (Å²) in [6.45, 7) is 4.62. The van der Waals surface area contributed by atoms with Crippen LogP contribution in [0.15, 0.2) is 54.6 Å². The molecule has 31 heavy (non-hydrogen) atoms. The summed E-state index contributed by atoms with van der Waals surface area (Å²) in [5.41, 5.74) is 0.940. The van der Waals surface area contributed by atoms with Crippen LogP contribution in [0.2, 0.25) is 0 Å². The molecule has 2 aromatic carbocycles. The van der Waals surface area contributed by atoms with Crippen LogP contribution < -0.4 is 10.1 Å². The van der Waals surface area contributed by atoms with Crippen LogP contribution in [0.4, 0.5) is 0 Å². The number of rotatable bonds is 5. The Morgan fingerprint density at radius 2 is 1.94 bits per heavy atom. The first-order valence-electron chi connectivity index (χ1n) is 11.2. The summed E-state index contributed by atoms with van der Waals surface area (Å²) in [4.78, 5) is 12.7. The lowest BCUT2D eigenvalue weighted by molar-refractivity contribution is -0.215. The first-order chi connectivity index (χ1) is 14.8. The predicted octanol–water partition coefficient (Wildman–Crippen LogP) is 4.31. The minimum atomic E-state index is -0.647. The zero-order chi connectivity index (χ0) is 22.1. The number of carbonyl (C=O) groups excluding carboxylic acids is 1. The van der Waals surface area contributed by atoms with Gasteiger partial charge in [0, 0.05) is 18.0 Å². The van der Waals surface area contributed by atoms with E-state index in [1.165, 1.54) is 5.56 Å². The highest BCUT2D eigenvalue weighted by atomic mass is 16.5. The highest BCUT2D eigenvalue weighted by Gasteiger charge is 2.52. The van der Waals surface area contributed by atoms with E-state index in [0.717, 1.165) is 25.7 Å². The van der Waals surface area contributed by atoms with Gasteiger partial charge < -0.3 is 19.9 Å². The Morgan fingerprint density at radius 1 is 1.16 bits per heavy atom. The molecule has 5 atom stereocenters. The molecule has 2 heterocycles. The van der Waals surface area contributed by atoms with Gasteiger partial charge >= 0.3 is 0 Å². The van der Waals surface area contributed by atoms with Crippen LogP contribution >= 0.6 is 0 Å². The minimum absolute atomic E-state index is 0.0593. The number of nitrogens with one attached hydrogen (secondary N) is 1. The van der Waals surface area contributed by atoms with E-state index < -0.39 is 11.7 Å². The molecule has 0 aliphatic carbocycles. The molecule has 2 aromatic rings. The number of hydrogen-bond donors (Lipinski definition) is 2. The van der Waals surface area contributed by atoms with Crippen molar-refractivity contribution in [2.45, 2.75) is 62.8 Å². The zero-order valence-corrected chi connectivity index (χ0v) is 18.6. The standard InChI is InChI=1S/C26H33NO4/c1-25-13-12-20(17-27-24(29)19-10-7-11-22(14-19)30-3)23(28)26(2,31-25)16-21(15-25)18-8-5-4-6-9-18/h4-11,14,20-21,23,28H,12-13,15-17H2,1-3H3,(H,27,29)/t20-,21-,23-,25-,26-/m0/s1. The summed E-state index contributed by atoms with van der Waals surface area (Å²) in [5.74, 6) is 0.787. The lowest BCUT2D eigenvalue weighted by Gasteiger charge is -2.49. The van der Waals surface area contributed by atoms with Crippen LogP contribution in [0.5, 0.6) is 5.75 Å². The third-order valence-corrected chi connectivity index (χ3v) is 7.05. The van der Waals surface area contributed by atoms with Gasteiger partial charge in [-0.25, -0.2) is 0 Å². The number of aliphatic hydroxyl groups is 1. The Kier molecular flexibility index (Phi) is 6.09. The van der Waals surface area contributed by atoms with Gasteiger partial charge in [0.1, 0.15) is 5.75 Å². The van der Waals surface area contributed by atoms with Gasteiger partial charge in [0.05, 0.1) is 24.4 Å². The van der Waals surface area contributed by atoms with Crippen molar-refractivity contribution < 1.29 is 19.4 Å². The van der Waals surface area contributed by atoms with Crippen molar-refractivity contribution in [3.63, 3.8) is 0 Å². The van der Waals surface area contributed by atoms with Crippen molar-refractivity contribution in [1.82, 2.24) is 5.32 Å². The fourth-order valence-electron chi connectivity index (χ4n) is 5.48. The minimum Gasteiger partial charge on any atom is -0.497 e. The van der Waals surface area contributed by atoms with Crippen molar-refractivity contribution in [2.75, 3.05) is 13.7 Å². The number of amides is 1. The largest absolute Gasteiger partial charge is 0.497 e. The van der Waals surface area contributed by atoms with Crippen molar-refractivity contribution >= 4 is 5.91 Å². The third-order valence-electron chi connectivity index (χ3n) is 7.05. The second-order valence-corrected chi connectivity index (χ2v) is 9.57. The summed E-state index contributed by atoms with van der Waals surface area (Å²) in [6.07, 6.45) is 2.75. The van der Waals surface area contributed by atoms with Crippen molar-refractivity contribution in [3.05, 3.63) is 65.7 Å². The molecule has 0 saturated carbocycles. The van der Waals surface area contributed by atoms with E-state index in [2.05, 4.69) is 36.5 Å². The average Bonchev–Trinajstić information content (AvgIpc) is 2.84. The summed E-state index contributed by atoms with van der Waals surface area (Å²) in [7, 11) is 1.58. The number of benzene rings is 2. The van der Waals surface area contributed by atoms with E-state index in [1.54, 1.807) is 25.3 Å². The molecule has 0 spiro atoms. The summed E-state index contributed by atoms with van der Waals surface area (Å²) in [6, 6.07) is 17.6. The first kappa shape index (κ1) is 21.8. The van der Waals surface area contributed by atoms with Gasteiger partial charge in [0.15, 0.2) is 0 Å². The summed E-state index contributed by atoms with van der Waals surface area (Å²) in [5, 5.41) is 14.4. The fourth-order valence-corrected chi connectivity index (χ4v) is 5.48. The maximum Gasteiger partial charge on any atom is 0.251 e. The van der Waals surface area contributed by atoms with Crippen LogP contribution in [0.1, 0.15) is 61.4 Å². The average molecular weight is 424 g/mol. The molecule has 5 nitrogen and oxygen atoms in total. The monoisotopic (exact) mass is 423 g/mol. The van der Waals surface area contributed by atoms with Gasteiger partial charge in [-0.05, 0) is 69.2 Å². The first-order valence-corrected chi connectivity index (χ1v) is 11.2. The van der Waals surface area contributed by atoms with Crippen LogP contribution in [-0.4, -0.2) is 42.0 Å². The molecule has 2 aliphatic rings. The number of fused-ring (bicyclic) bond motifs is 2. The molecule has 2 aliphatic heterocycles. The van der Waals surface area contributed by atoms with E-state index in [4.69, 9.17) is 9.47 Å². The number of ether oxygens (including phenoxy) is 2. The van der Waals surface area contributed by atoms with Crippen LogP contribution in [0, 0.1) is 5.92 Å². The molecule has 0 unspecified atom stereocenters. The Labute approximate surface area is 184 Å². The topological polar surface area (TPSA) is 67.8 Å². The van der Waals surface area contributed by atoms with Crippen LogP contribution in [-0.2, 0) is 4.74 Å². The van der Waals surface area contributed by atoms with E-state index in [9.17, 15) is 9.90 Å². The third kappa shape index (κ3) is 4.63. The van der Waals surface area contributed by atoms with E-state index in [-0.39, 0.29) is 17.4 Å². The second-order valence-electron chi connectivity index (χ2n) is 9.57. The molecular formula is C26H33NO4. The summed E-state index contributed by atoms with van der Waals surface area (Å²) >= 11 is 0. The van der Waals surface area contributed by atoms with E-state index in [1.807, 2.05) is 19.1 Å². The van der Waals surface area contributed by atoms with Crippen LogP contribution in [0.25, 0.3) is 0 Å². The lowest BCUT2D eigenvalue weighted by Crippen LogP contribution is -2.54. The Bertz CT molecular complexity index is 917. The normalized spacial score (nSPS) is 32.7. The van der Waals surface area contributed by atoms with Gasteiger partial charge in [-0.1, -0.05) is 36.4 Å². The van der Waals surface area contributed by atoms with Gasteiger partial charge in [-0.3, -0.25) is 4.79 Å². The molecule has 2 N–H and O–H groups in total. The highest BCUT2D eigenvalue weighted by molar-refractivity contribution is 5.94. The highest BCUT2D eigenvalue weighted by Crippen LogP contribution is 2.50. The number of aliphatic hydroxyl groups excluding tert-OH is 1.